The van der Waals surface area contributed by atoms with Gasteiger partial charge in [-0.25, -0.2) is 0 Å². The molecule has 0 bridgehead atoms. The number of aliphatic hydroxyl groups is 1. The molecule has 2 N–H and O–H groups in total. The van der Waals surface area contributed by atoms with Gasteiger partial charge in [0, 0.05) is 9.50 Å². The topological polar surface area (TPSA) is 62.5 Å². The maximum absolute atomic E-state index is 12.0. The second-order valence-electron chi connectivity index (χ2n) is 3.87. The van der Waals surface area contributed by atoms with Gasteiger partial charge in [-0.15, -0.1) is 0 Å². The maximum atomic E-state index is 12.0. The Balaban J connectivity index is 2.00. The van der Waals surface area contributed by atoms with Gasteiger partial charge in [0.05, 0.1) is 18.4 Å². The Morgan fingerprint density at radius 1 is 1.47 bits per heavy atom. The first-order valence-electron chi connectivity index (χ1n) is 5.52. The van der Waals surface area contributed by atoms with Crippen molar-refractivity contribution >= 4 is 33.4 Å². The molecule has 4 nitrogen and oxygen atoms in total. The van der Waals surface area contributed by atoms with Crippen LogP contribution in [0.4, 0.5) is 0 Å². The SMILES string of the molecule is O=C(NCC(O)c1ccco1)c1cc(Cl)ccc1Br. The van der Waals surface area contributed by atoms with Gasteiger partial charge in [-0.1, -0.05) is 11.6 Å². The lowest BCUT2D eigenvalue weighted by Gasteiger charge is -2.10. The molecule has 6 heteroatoms. The zero-order valence-electron chi connectivity index (χ0n) is 9.77. The van der Waals surface area contributed by atoms with Crippen LogP contribution in [-0.4, -0.2) is 17.6 Å². The van der Waals surface area contributed by atoms with E-state index in [1.165, 1.54) is 6.26 Å². The Bertz CT molecular complexity index is 571. The minimum atomic E-state index is -0.878. The quantitative estimate of drug-likeness (QED) is 0.895. The predicted octanol–water partition coefficient (Wildman–Crippen LogP) is 3.16. The molecule has 1 aromatic carbocycles. The summed E-state index contributed by atoms with van der Waals surface area (Å²) in [6.45, 7) is 0.0608. The zero-order chi connectivity index (χ0) is 13.8. The smallest absolute Gasteiger partial charge is 0.252 e. The van der Waals surface area contributed by atoms with E-state index < -0.39 is 6.10 Å². The summed E-state index contributed by atoms with van der Waals surface area (Å²) < 4.78 is 5.69. The van der Waals surface area contributed by atoms with Crippen molar-refractivity contribution in [2.45, 2.75) is 6.10 Å². The van der Waals surface area contributed by atoms with Crippen molar-refractivity contribution < 1.29 is 14.3 Å². The van der Waals surface area contributed by atoms with E-state index in [-0.39, 0.29) is 12.5 Å². The fraction of sp³-hybridized carbons (Fsp3) is 0.154. The number of aliphatic hydroxyl groups excluding tert-OH is 1. The van der Waals surface area contributed by atoms with Gasteiger partial charge in [0.2, 0.25) is 0 Å². The highest BCUT2D eigenvalue weighted by Gasteiger charge is 2.14. The van der Waals surface area contributed by atoms with E-state index in [9.17, 15) is 9.90 Å². The molecule has 0 aliphatic carbocycles. The van der Waals surface area contributed by atoms with Crippen LogP contribution in [-0.2, 0) is 0 Å². The Morgan fingerprint density at radius 3 is 2.95 bits per heavy atom. The highest BCUT2D eigenvalue weighted by molar-refractivity contribution is 9.10. The Labute approximate surface area is 123 Å². The number of furan rings is 1. The highest BCUT2D eigenvalue weighted by atomic mass is 79.9. The standard InChI is InChI=1S/C13H11BrClNO3/c14-10-4-3-8(15)6-9(10)13(18)16-7-11(17)12-2-1-5-19-12/h1-6,11,17H,7H2,(H,16,18). The van der Waals surface area contributed by atoms with Gasteiger partial charge in [-0.05, 0) is 46.3 Å². The van der Waals surface area contributed by atoms with Crippen molar-refractivity contribution in [2.75, 3.05) is 6.54 Å². The van der Waals surface area contributed by atoms with E-state index in [2.05, 4.69) is 21.2 Å². The summed E-state index contributed by atoms with van der Waals surface area (Å²) in [5.41, 5.74) is 0.416. The van der Waals surface area contributed by atoms with E-state index in [4.69, 9.17) is 16.0 Å². The van der Waals surface area contributed by atoms with Crippen LogP contribution >= 0.6 is 27.5 Å². The molecule has 19 heavy (non-hydrogen) atoms. The molecule has 0 radical (unpaired) electrons. The van der Waals surface area contributed by atoms with Gasteiger partial charge in [-0.3, -0.25) is 4.79 Å². The first-order valence-corrected chi connectivity index (χ1v) is 6.69. The Morgan fingerprint density at radius 2 is 2.26 bits per heavy atom. The molecule has 1 atom stereocenters. The number of halogens is 2. The second-order valence-corrected chi connectivity index (χ2v) is 5.16. The molecular weight excluding hydrogens is 334 g/mol. The summed E-state index contributed by atoms with van der Waals surface area (Å²) >= 11 is 9.12. The summed E-state index contributed by atoms with van der Waals surface area (Å²) in [5, 5.41) is 12.9. The molecule has 0 saturated carbocycles. The molecular formula is C13H11BrClNO3. The van der Waals surface area contributed by atoms with E-state index in [1.807, 2.05) is 0 Å². The van der Waals surface area contributed by atoms with Gasteiger partial charge in [0.1, 0.15) is 11.9 Å². The van der Waals surface area contributed by atoms with Crippen LogP contribution in [0, 0.1) is 0 Å². The van der Waals surface area contributed by atoms with Gasteiger partial charge in [0.25, 0.3) is 5.91 Å². The second kappa shape index (κ2) is 6.23. The lowest BCUT2D eigenvalue weighted by atomic mass is 10.2. The Kier molecular flexibility index (Phi) is 4.63. The van der Waals surface area contributed by atoms with E-state index in [1.54, 1.807) is 30.3 Å². The van der Waals surface area contributed by atoms with E-state index >= 15 is 0 Å². The summed E-state index contributed by atoms with van der Waals surface area (Å²) in [5.74, 6) is 0.0884. The minimum absolute atomic E-state index is 0.0608. The normalized spacial score (nSPS) is 12.2. The van der Waals surface area contributed by atoms with Gasteiger partial charge in [-0.2, -0.15) is 0 Å². The van der Waals surface area contributed by atoms with Crippen LogP contribution in [0.5, 0.6) is 0 Å². The van der Waals surface area contributed by atoms with Gasteiger partial charge < -0.3 is 14.8 Å². The molecule has 0 aliphatic heterocycles. The maximum Gasteiger partial charge on any atom is 0.252 e. The molecule has 1 amide bonds. The molecule has 1 heterocycles. The number of hydrogen-bond acceptors (Lipinski definition) is 3. The van der Waals surface area contributed by atoms with Crippen LogP contribution in [0.2, 0.25) is 5.02 Å². The average Bonchev–Trinajstić information content (AvgIpc) is 2.92. The van der Waals surface area contributed by atoms with Crippen molar-refractivity contribution in [2.24, 2.45) is 0 Å². The number of carbonyl (C=O) groups is 1. The van der Waals surface area contributed by atoms with Crippen molar-refractivity contribution in [3.05, 3.63) is 57.4 Å². The van der Waals surface area contributed by atoms with Gasteiger partial charge in [0.15, 0.2) is 0 Å². The summed E-state index contributed by atoms with van der Waals surface area (Å²) in [7, 11) is 0. The molecule has 0 spiro atoms. The molecule has 100 valence electrons. The lowest BCUT2D eigenvalue weighted by molar-refractivity contribution is 0.0900. The summed E-state index contributed by atoms with van der Waals surface area (Å²) in [4.78, 5) is 12.0. The minimum Gasteiger partial charge on any atom is -0.467 e. The van der Waals surface area contributed by atoms with E-state index in [0.717, 1.165) is 0 Å². The lowest BCUT2D eigenvalue weighted by Crippen LogP contribution is -2.28. The highest BCUT2D eigenvalue weighted by Crippen LogP contribution is 2.21. The number of carbonyl (C=O) groups excluding carboxylic acids is 1. The molecule has 1 unspecified atom stereocenters. The van der Waals surface area contributed by atoms with Crippen LogP contribution in [0.25, 0.3) is 0 Å². The summed E-state index contributed by atoms with van der Waals surface area (Å²) in [6, 6.07) is 8.25. The first-order chi connectivity index (χ1) is 9.08. The Hall–Kier alpha value is -1.30. The van der Waals surface area contributed by atoms with Crippen molar-refractivity contribution in [3.8, 4) is 0 Å². The van der Waals surface area contributed by atoms with E-state index in [0.29, 0.717) is 20.8 Å². The zero-order valence-corrected chi connectivity index (χ0v) is 12.1. The summed E-state index contributed by atoms with van der Waals surface area (Å²) in [6.07, 6.45) is 0.588. The molecule has 0 saturated heterocycles. The molecule has 2 rings (SSSR count). The molecule has 0 aliphatic rings. The van der Waals surface area contributed by atoms with Crippen LogP contribution < -0.4 is 5.32 Å². The van der Waals surface area contributed by atoms with Crippen molar-refractivity contribution in [1.82, 2.24) is 5.32 Å². The predicted molar refractivity (Wildman–Crippen MR) is 75.2 cm³/mol. The third-order valence-electron chi connectivity index (χ3n) is 2.50. The van der Waals surface area contributed by atoms with Crippen LogP contribution in [0.3, 0.4) is 0 Å². The number of hydrogen-bond donors (Lipinski definition) is 2. The third-order valence-corrected chi connectivity index (χ3v) is 3.43. The largest absolute Gasteiger partial charge is 0.467 e. The molecule has 2 aromatic rings. The number of rotatable bonds is 4. The molecule has 1 aromatic heterocycles. The van der Waals surface area contributed by atoms with Crippen LogP contribution in [0.1, 0.15) is 22.2 Å². The van der Waals surface area contributed by atoms with Crippen LogP contribution in [0.15, 0.2) is 45.5 Å². The van der Waals surface area contributed by atoms with Gasteiger partial charge >= 0.3 is 0 Å². The monoisotopic (exact) mass is 343 g/mol. The fourth-order valence-electron chi connectivity index (χ4n) is 1.54. The average molecular weight is 345 g/mol. The number of nitrogens with one attached hydrogen (secondary N) is 1. The number of amides is 1. The van der Waals surface area contributed by atoms with Crippen molar-refractivity contribution in [3.63, 3.8) is 0 Å². The first kappa shape index (κ1) is 14.1. The third kappa shape index (κ3) is 3.59. The number of benzene rings is 1. The molecule has 0 fully saturated rings. The fourth-order valence-corrected chi connectivity index (χ4v) is 2.14. The van der Waals surface area contributed by atoms with Crippen molar-refractivity contribution in [1.29, 1.82) is 0 Å².